The van der Waals surface area contributed by atoms with Crippen molar-refractivity contribution in [3.8, 4) is 0 Å². The maximum Gasteiger partial charge on any atom is 0.228 e. The Labute approximate surface area is 94.9 Å². The fraction of sp³-hybridized carbons (Fsp3) is 0.500. The van der Waals surface area contributed by atoms with Crippen molar-refractivity contribution in [3.63, 3.8) is 0 Å². The van der Waals surface area contributed by atoms with Gasteiger partial charge >= 0.3 is 0 Å². The molecule has 2 heterocycles. The lowest BCUT2D eigenvalue weighted by Gasteiger charge is -2.15. The maximum absolute atomic E-state index is 9.38. The van der Waals surface area contributed by atoms with Crippen LogP contribution in [0.5, 0.6) is 0 Å². The monoisotopic (exact) mass is 274 g/mol. The summed E-state index contributed by atoms with van der Waals surface area (Å²) in [5, 5.41) is 18.8. The van der Waals surface area contributed by atoms with Crippen molar-refractivity contribution in [2.75, 3.05) is 23.7 Å². The lowest BCUT2D eigenvalue weighted by atomic mass is 10.3. The number of nitrogens with zero attached hydrogens (tertiary/aromatic N) is 3. The number of aromatic nitrogens is 2. The first-order valence-electron chi connectivity index (χ1n) is 4.47. The second-order valence-electron chi connectivity index (χ2n) is 3.46. The lowest BCUT2D eigenvalue weighted by Crippen LogP contribution is -2.23. The normalized spacial score (nSPS) is 25.9. The van der Waals surface area contributed by atoms with Gasteiger partial charge in [-0.1, -0.05) is 0 Å². The zero-order valence-electron chi connectivity index (χ0n) is 7.84. The number of nitrogen functional groups attached to an aromatic ring is 1. The minimum Gasteiger partial charge on any atom is -0.388 e. The molecule has 4 N–H and O–H groups in total. The molecule has 0 bridgehead atoms. The van der Waals surface area contributed by atoms with Gasteiger partial charge in [-0.15, -0.1) is 0 Å². The van der Waals surface area contributed by atoms with Crippen LogP contribution in [0.1, 0.15) is 0 Å². The minimum absolute atomic E-state index is 0.317. The average Bonchev–Trinajstić information content (AvgIpc) is 2.45. The van der Waals surface area contributed by atoms with E-state index >= 15 is 0 Å². The predicted octanol–water partition coefficient (Wildman–Crippen LogP) is -0.637. The Kier molecular flexibility index (Phi) is 2.76. The summed E-state index contributed by atoms with van der Waals surface area (Å²) in [5.41, 5.74) is 5.56. The molecule has 0 aromatic carbocycles. The van der Waals surface area contributed by atoms with Crippen LogP contribution in [0, 0.1) is 0 Å². The van der Waals surface area contributed by atoms with Gasteiger partial charge in [-0.3, -0.25) is 0 Å². The molecule has 15 heavy (non-hydrogen) atoms. The van der Waals surface area contributed by atoms with Crippen molar-refractivity contribution in [2.24, 2.45) is 0 Å². The van der Waals surface area contributed by atoms with Crippen LogP contribution in [0.4, 0.5) is 11.8 Å². The van der Waals surface area contributed by atoms with Crippen molar-refractivity contribution in [2.45, 2.75) is 12.2 Å². The molecule has 1 saturated heterocycles. The van der Waals surface area contributed by atoms with E-state index in [2.05, 4.69) is 25.9 Å². The molecule has 1 aromatic heterocycles. The first-order valence-corrected chi connectivity index (χ1v) is 5.26. The molecule has 2 atom stereocenters. The third-order valence-corrected chi connectivity index (χ3v) is 2.65. The number of anilines is 2. The van der Waals surface area contributed by atoms with Crippen LogP contribution in [0.2, 0.25) is 0 Å². The van der Waals surface area contributed by atoms with Crippen LogP contribution in [-0.4, -0.2) is 45.5 Å². The second-order valence-corrected chi connectivity index (χ2v) is 4.27. The Bertz CT molecular complexity index is 345. The van der Waals surface area contributed by atoms with Gasteiger partial charge in [0.2, 0.25) is 5.95 Å². The molecule has 1 aromatic rings. The molecule has 0 saturated carbocycles. The standard InChI is InChI=1S/C8H11BrN4O2/c9-6-1-7(10)12-8(11-6)13-2-4(14)5(15)3-13/h1,4-5,14-15H,2-3H2,(H2,10,11,12). The van der Waals surface area contributed by atoms with Gasteiger partial charge in [0.05, 0.1) is 12.2 Å². The van der Waals surface area contributed by atoms with E-state index in [9.17, 15) is 10.2 Å². The maximum atomic E-state index is 9.38. The summed E-state index contributed by atoms with van der Waals surface area (Å²) in [6.07, 6.45) is -1.51. The SMILES string of the molecule is Nc1cc(Br)nc(N2CC(O)C(O)C2)n1. The average molecular weight is 275 g/mol. The van der Waals surface area contributed by atoms with Gasteiger partial charge in [-0.05, 0) is 15.9 Å². The van der Waals surface area contributed by atoms with Crippen LogP contribution in [0.3, 0.4) is 0 Å². The summed E-state index contributed by atoms with van der Waals surface area (Å²) in [6, 6.07) is 1.59. The van der Waals surface area contributed by atoms with E-state index < -0.39 is 12.2 Å². The molecule has 2 unspecified atom stereocenters. The zero-order chi connectivity index (χ0) is 11.0. The number of hydrogen-bond donors (Lipinski definition) is 3. The summed E-state index contributed by atoms with van der Waals surface area (Å²) < 4.78 is 0.584. The summed E-state index contributed by atoms with van der Waals surface area (Å²) in [7, 11) is 0. The molecular weight excluding hydrogens is 264 g/mol. The Morgan fingerprint density at radius 1 is 1.33 bits per heavy atom. The molecule has 0 radical (unpaired) electrons. The van der Waals surface area contributed by atoms with E-state index in [1.165, 1.54) is 0 Å². The number of β-amino-alcohol motifs (C(OH)–C–C–N with tert-alkyl or cyclic N) is 2. The highest BCUT2D eigenvalue weighted by Gasteiger charge is 2.31. The molecule has 6 nitrogen and oxygen atoms in total. The Balaban J connectivity index is 2.23. The van der Waals surface area contributed by atoms with Crippen LogP contribution in [0.25, 0.3) is 0 Å². The highest BCUT2D eigenvalue weighted by atomic mass is 79.9. The fourth-order valence-corrected chi connectivity index (χ4v) is 1.89. The van der Waals surface area contributed by atoms with Crippen molar-refractivity contribution < 1.29 is 10.2 Å². The van der Waals surface area contributed by atoms with Crippen molar-refractivity contribution in [3.05, 3.63) is 10.7 Å². The molecular formula is C8H11BrN4O2. The third kappa shape index (κ3) is 2.19. The topological polar surface area (TPSA) is 95.5 Å². The smallest absolute Gasteiger partial charge is 0.228 e. The van der Waals surface area contributed by atoms with Crippen molar-refractivity contribution >= 4 is 27.7 Å². The lowest BCUT2D eigenvalue weighted by molar-refractivity contribution is 0.0572. The van der Waals surface area contributed by atoms with E-state index in [-0.39, 0.29) is 0 Å². The van der Waals surface area contributed by atoms with E-state index in [0.717, 1.165) is 0 Å². The number of aliphatic hydroxyl groups excluding tert-OH is 2. The zero-order valence-corrected chi connectivity index (χ0v) is 9.42. The molecule has 0 amide bonds. The molecule has 1 aliphatic heterocycles. The van der Waals surface area contributed by atoms with Crippen molar-refractivity contribution in [1.29, 1.82) is 0 Å². The van der Waals surface area contributed by atoms with Gasteiger partial charge in [0.15, 0.2) is 0 Å². The van der Waals surface area contributed by atoms with Gasteiger partial charge in [0.25, 0.3) is 0 Å². The number of rotatable bonds is 1. The number of halogens is 1. The number of aliphatic hydroxyl groups is 2. The highest BCUT2D eigenvalue weighted by molar-refractivity contribution is 9.10. The third-order valence-electron chi connectivity index (χ3n) is 2.24. The molecule has 82 valence electrons. The molecule has 1 fully saturated rings. The van der Waals surface area contributed by atoms with Gasteiger partial charge in [-0.25, -0.2) is 4.98 Å². The van der Waals surface area contributed by atoms with Gasteiger partial charge in [0.1, 0.15) is 10.4 Å². The first-order chi connectivity index (χ1) is 7.06. The highest BCUT2D eigenvalue weighted by Crippen LogP contribution is 2.20. The van der Waals surface area contributed by atoms with Gasteiger partial charge in [0, 0.05) is 19.2 Å². The Hall–Kier alpha value is -0.920. The quantitative estimate of drug-likeness (QED) is 0.590. The first kappa shape index (κ1) is 10.6. The summed E-state index contributed by atoms with van der Waals surface area (Å²) in [5.74, 6) is 0.764. The molecule has 7 heteroatoms. The van der Waals surface area contributed by atoms with E-state index in [4.69, 9.17) is 5.73 Å². The van der Waals surface area contributed by atoms with Gasteiger partial charge in [-0.2, -0.15) is 4.98 Å². The van der Waals surface area contributed by atoms with Crippen LogP contribution in [0.15, 0.2) is 10.7 Å². The van der Waals surface area contributed by atoms with E-state index in [1.54, 1.807) is 11.0 Å². The molecule has 0 spiro atoms. The molecule has 1 aliphatic rings. The van der Waals surface area contributed by atoms with Crippen LogP contribution in [-0.2, 0) is 0 Å². The van der Waals surface area contributed by atoms with Crippen molar-refractivity contribution in [1.82, 2.24) is 9.97 Å². The van der Waals surface area contributed by atoms with E-state index in [1.807, 2.05) is 0 Å². The minimum atomic E-state index is -0.756. The Morgan fingerprint density at radius 3 is 2.47 bits per heavy atom. The fourth-order valence-electron chi connectivity index (χ4n) is 1.50. The van der Waals surface area contributed by atoms with Crippen LogP contribution >= 0.6 is 15.9 Å². The predicted molar refractivity (Wildman–Crippen MR) is 58.4 cm³/mol. The second kappa shape index (κ2) is 3.92. The Morgan fingerprint density at radius 2 is 1.93 bits per heavy atom. The van der Waals surface area contributed by atoms with Crippen LogP contribution < -0.4 is 10.6 Å². The largest absolute Gasteiger partial charge is 0.388 e. The summed E-state index contributed by atoms with van der Waals surface area (Å²) >= 11 is 3.21. The van der Waals surface area contributed by atoms with E-state index in [0.29, 0.717) is 29.5 Å². The number of hydrogen-bond acceptors (Lipinski definition) is 6. The summed E-state index contributed by atoms with van der Waals surface area (Å²) in [6.45, 7) is 0.633. The summed E-state index contributed by atoms with van der Waals surface area (Å²) in [4.78, 5) is 9.83. The molecule has 2 rings (SSSR count). The van der Waals surface area contributed by atoms with Gasteiger partial charge < -0.3 is 20.8 Å². The molecule has 0 aliphatic carbocycles. The number of nitrogens with two attached hydrogens (primary N) is 1.